The van der Waals surface area contributed by atoms with Crippen LogP contribution in [0.5, 0.6) is 0 Å². The Morgan fingerprint density at radius 2 is 2.00 bits per heavy atom. The van der Waals surface area contributed by atoms with Crippen molar-refractivity contribution < 1.29 is 9.90 Å². The largest absolute Gasteiger partial charge is 0.478 e. The van der Waals surface area contributed by atoms with Crippen molar-refractivity contribution >= 4 is 34.8 Å². The molecule has 0 heterocycles. The molecule has 4 N–H and O–H groups in total. The maximum atomic E-state index is 10.9. The lowest BCUT2D eigenvalue weighted by atomic mass is 10.1. The molecule has 0 aromatic heterocycles. The lowest BCUT2D eigenvalue weighted by Gasteiger charge is -2.11. The number of hydrogen-bond donors (Lipinski definition) is 3. The number of para-hydroxylation sites is 1. The smallest absolute Gasteiger partial charge is 0.337 e. The number of hydrogen-bond acceptors (Lipinski definition) is 4. The lowest BCUT2D eigenvalue weighted by Crippen LogP contribution is -2.03. The third-order valence-corrected chi connectivity index (χ3v) is 3.46. The van der Waals surface area contributed by atoms with Gasteiger partial charge in [0.15, 0.2) is 0 Å². The standard InChI is InChI=1S/C14H14N2O2S/c1-19-13-5-3-2-4-12(13)16-9-6-7-10(14(17)18)11(15)8-9/h2-8,16H,15H2,1H3,(H,17,18). The van der Waals surface area contributed by atoms with E-state index in [0.29, 0.717) is 0 Å². The van der Waals surface area contributed by atoms with Gasteiger partial charge in [-0.2, -0.15) is 0 Å². The summed E-state index contributed by atoms with van der Waals surface area (Å²) in [5.74, 6) is -1.02. The zero-order chi connectivity index (χ0) is 13.8. The van der Waals surface area contributed by atoms with Crippen LogP contribution < -0.4 is 11.1 Å². The minimum Gasteiger partial charge on any atom is -0.478 e. The molecule has 5 heteroatoms. The topological polar surface area (TPSA) is 75.3 Å². The van der Waals surface area contributed by atoms with Crippen LogP contribution in [0.1, 0.15) is 10.4 Å². The molecule has 0 unspecified atom stereocenters. The Balaban J connectivity index is 2.29. The van der Waals surface area contributed by atoms with E-state index >= 15 is 0 Å². The summed E-state index contributed by atoms with van der Waals surface area (Å²) in [4.78, 5) is 12.0. The van der Waals surface area contributed by atoms with Gasteiger partial charge in [0, 0.05) is 16.3 Å². The molecule has 4 nitrogen and oxygen atoms in total. The fraction of sp³-hybridized carbons (Fsp3) is 0.0714. The molecule has 2 aromatic carbocycles. The van der Waals surface area contributed by atoms with E-state index in [2.05, 4.69) is 5.32 Å². The van der Waals surface area contributed by atoms with Gasteiger partial charge < -0.3 is 16.2 Å². The van der Waals surface area contributed by atoms with Crippen molar-refractivity contribution in [3.05, 3.63) is 48.0 Å². The molecule has 0 saturated heterocycles. The predicted molar refractivity (Wildman–Crippen MR) is 79.3 cm³/mol. The zero-order valence-electron chi connectivity index (χ0n) is 10.4. The van der Waals surface area contributed by atoms with Gasteiger partial charge >= 0.3 is 5.97 Å². The number of rotatable bonds is 4. The van der Waals surface area contributed by atoms with Gasteiger partial charge in [-0.05, 0) is 36.6 Å². The van der Waals surface area contributed by atoms with Gasteiger partial charge in [0.1, 0.15) is 0 Å². The fourth-order valence-corrected chi connectivity index (χ4v) is 2.29. The van der Waals surface area contributed by atoms with Crippen LogP contribution in [0.4, 0.5) is 17.1 Å². The maximum Gasteiger partial charge on any atom is 0.337 e. The van der Waals surface area contributed by atoms with Gasteiger partial charge in [-0.25, -0.2) is 4.79 Å². The molecule has 98 valence electrons. The molecule has 0 aliphatic carbocycles. The van der Waals surface area contributed by atoms with Gasteiger partial charge in [-0.15, -0.1) is 11.8 Å². The lowest BCUT2D eigenvalue weighted by molar-refractivity contribution is 0.0698. The quantitative estimate of drug-likeness (QED) is 0.588. The minimum atomic E-state index is -1.02. The van der Waals surface area contributed by atoms with Crippen LogP contribution in [0.15, 0.2) is 47.4 Å². The third-order valence-electron chi connectivity index (χ3n) is 2.67. The van der Waals surface area contributed by atoms with Crippen LogP contribution in [0.25, 0.3) is 0 Å². The molecule has 0 fully saturated rings. The summed E-state index contributed by atoms with van der Waals surface area (Å²) in [5, 5.41) is 12.2. The average molecular weight is 274 g/mol. The van der Waals surface area contributed by atoms with Crippen LogP contribution in [0.3, 0.4) is 0 Å². The third kappa shape index (κ3) is 3.00. The summed E-state index contributed by atoms with van der Waals surface area (Å²) in [5.41, 5.74) is 7.82. The van der Waals surface area contributed by atoms with E-state index in [-0.39, 0.29) is 11.3 Å². The van der Waals surface area contributed by atoms with Gasteiger partial charge in [-0.1, -0.05) is 12.1 Å². The van der Waals surface area contributed by atoms with Crippen molar-refractivity contribution in [3.8, 4) is 0 Å². The fourth-order valence-electron chi connectivity index (χ4n) is 1.74. The highest BCUT2D eigenvalue weighted by Gasteiger charge is 2.08. The SMILES string of the molecule is CSc1ccccc1Nc1ccc(C(=O)O)c(N)c1. The number of aromatic carboxylic acids is 1. The predicted octanol–water partition coefficient (Wildman–Crippen LogP) is 3.43. The van der Waals surface area contributed by atoms with Crippen LogP contribution in [-0.4, -0.2) is 17.3 Å². The number of anilines is 3. The normalized spacial score (nSPS) is 10.2. The Morgan fingerprint density at radius 1 is 1.26 bits per heavy atom. The van der Waals surface area contributed by atoms with Crippen molar-refractivity contribution in [1.29, 1.82) is 0 Å². The molecule has 0 bridgehead atoms. The van der Waals surface area contributed by atoms with E-state index in [1.165, 1.54) is 6.07 Å². The number of carboxylic acids is 1. The van der Waals surface area contributed by atoms with Gasteiger partial charge in [0.2, 0.25) is 0 Å². The number of nitrogen functional groups attached to an aromatic ring is 1. The van der Waals surface area contributed by atoms with E-state index in [9.17, 15) is 4.79 Å². The van der Waals surface area contributed by atoms with Gasteiger partial charge in [-0.3, -0.25) is 0 Å². The number of thioether (sulfide) groups is 1. The highest BCUT2D eigenvalue weighted by molar-refractivity contribution is 7.98. The van der Waals surface area contributed by atoms with Crippen molar-refractivity contribution in [1.82, 2.24) is 0 Å². The van der Waals surface area contributed by atoms with Crippen molar-refractivity contribution in [3.63, 3.8) is 0 Å². The molecule has 19 heavy (non-hydrogen) atoms. The van der Waals surface area contributed by atoms with Crippen molar-refractivity contribution in [2.24, 2.45) is 0 Å². The first-order chi connectivity index (χ1) is 9.11. The van der Waals surface area contributed by atoms with Crippen LogP contribution in [0.2, 0.25) is 0 Å². The first-order valence-corrected chi connectivity index (χ1v) is 6.87. The highest BCUT2D eigenvalue weighted by Crippen LogP contribution is 2.29. The summed E-state index contributed by atoms with van der Waals surface area (Å²) in [6, 6.07) is 12.7. The van der Waals surface area contributed by atoms with Crippen LogP contribution >= 0.6 is 11.8 Å². The second kappa shape index (κ2) is 5.67. The highest BCUT2D eigenvalue weighted by atomic mass is 32.2. The molecule has 0 amide bonds. The van der Waals surface area contributed by atoms with Crippen molar-refractivity contribution in [2.75, 3.05) is 17.3 Å². The Morgan fingerprint density at radius 3 is 2.63 bits per heavy atom. The Kier molecular flexibility index (Phi) is 3.97. The number of nitrogens with one attached hydrogen (secondary N) is 1. The molecule has 0 radical (unpaired) electrons. The summed E-state index contributed by atoms with van der Waals surface area (Å²) in [7, 11) is 0. The van der Waals surface area contributed by atoms with Crippen LogP contribution in [-0.2, 0) is 0 Å². The second-order valence-corrected chi connectivity index (χ2v) is 4.78. The maximum absolute atomic E-state index is 10.9. The van der Waals surface area contributed by atoms with Crippen molar-refractivity contribution in [2.45, 2.75) is 4.90 Å². The summed E-state index contributed by atoms with van der Waals surface area (Å²) in [6.45, 7) is 0. The number of nitrogens with two attached hydrogens (primary N) is 1. The summed E-state index contributed by atoms with van der Waals surface area (Å²) >= 11 is 1.64. The minimum absolute atomic E-state index is 0.115. The molecule has 0 aliphatic rings. The monoisotopic (exact) mass is 274 g/mol. The molecule has 0 atom stereocenters. The molecule has 2 rings (SSSR count). The zero-order valence-corrected chi connectivity index (χ0v) is 11.2. The summed E-state index contributed by atoms with van der Waals surface area (Å²) < 4.78 is 0. The first kappa shape index (κ1) is 13.3. The molecule has 2 aromatic rings. The Hall–Kier alpha value is -2.14. The number of carboxylic acid groups (broad SMARTS) is 1. The van der Waals surface area contributed by atoms with E-state index in [1.807, 2.05) is 30.5 Å². The molecular weight excluding hydrogens is 260 g/mol. The van der Waals surface area contributed by atoms with E-state index in [4.69, 9.17) is 10.8 Å². The van der Waals surface area contributed by atoms with E-state index < -0.39 is 5.97 Å². The molecular formula is C14H14N2O2S. The van der Waals surface area contributed by atoms with Crippen LogP contribution in [0, 0.1) is 0 Å². The Bertz CT molecular complexity index is 614. The first-order valence-electron chi connectivity index (χ1n) is 5.64. The average Bonchev–Trinajstić information content (AvgIpc) is 2.39. The molecule has 0 spiro atoms. The number of carbonyl (C=O) groups is 1. The van der Waals surface area contributed by atoms with E-state index in [1.54, 1.807) is 23.9 Å². The molecule has 0 aliphatic heterocycles. The Labute approximate surface area is 115 Å². The van der Waals surface area contributed by atoms with E-state index in [0.717, 1.165) is 16.3 Å². The van der Waals surface area contributed by atoms with Gasteiger partial charge in [0.25, 0.3) is 0 Å². The summed E-state index contributed by atoms with van der Waals surface area (Å²) in [6.07, 6.45) is 2.00. The number of benzene rings is 2. The van der Waals surface area contributed by atoms with Gasteiger partial charge in [0.05, 0.1) is 11.3 Å². The molecule has 0 saturated carbocycles. The second-order valence-electron chi connectivity index (χ2n) is 3.93.